The number of esters is 1. The first-order valence-corrected chi connectivity index (χ1v) is 15.4. The third kappa shape index (κ3) is 7.89. The fraction of sp³-hybridized carbons (Fsp3) is 0.400. The van der Waals surface area contributed by atoms with Crippen LogP contribution in [0, 0.1) is 0 Å². The highest BCUT2D eigenvalue weighted by Crippen LogP contribution is 2.35. The Morgan fingerprint density at radius 1 is 0.953 bits per heavy atom. The highest BCUT2D eigenvalue weighted by atomic mass is 16.5. The lowest BCUT2D eigenvalue weighted by Gasteiger charge is -2.47. The molecule has 8 heteroatoms. The number of rotatable bonds is 12. The first kappa shape index (κ1) is 30.4. The zero-order valence-electron chi connectivity index (χ0n) is 25.5. The zero-order valence-corrected chi connectivity index (χ0v) is 25.5. The number of aryl methyl sites for hydroxylation is 1. The van der Waals surface area contributed by atoms with Gasteiger partial charge >= 0.3 is 5.97 Å². The van der Waals surface area contributed by atoms with Crippen LogP contribution in [-0.2, 0) is 22.6 Å². The molecule has 4 aromatic rings. The molecule has 3 aromatic carbocycles. The molecule has 0 spiro atoms. The SMILES string of the molecule is CCOC(=O)CCCCn1cc(-c2ccc(C(c3cccc(O)c3)N3CC(C)N(Cc4ccccc4)CC3C)cc2)nn1. The van der Waals surface area contributed by atoms with Crippen LogP contribution in [0.4, 0.5) is 0 Å². The highest BCUT2D eigenvalue weighted by Gasteiger charge is 2.35. The predicted octanol–water partition coefficient (Wildman–Crippen LogP) is 6.07. The van der Waals surface area contributed by atoms with Gasteiger partial charge in [-0.25, -0.2) is 0 Å². The molecule has 5 rings (SSSR count). The number of phenols is 1. The number of ether oxygens (including phenoxy) is 1. The van der Waals surface area contributed by atoms with Crippen LogP contribution in [0.25, 0.3) is 11.3 Å². The molecule has 0 aliphatic carbocycles. The molecule has 3 atom stereocenters. The van der Waals surface area contributed by atoms with Gasteiger partial charge in [0.25, 0.3) is 0 Å². The molecule has 0 amide bonds. The van der Waals surface area contributed by atoms with Crippen LogP contribution in [0.1, 0.15) is 62.8 Å². The third-order valence-corrected chi connectivity index (χ3v) is 8.29. The number of hydrogen-bond acceptors (Lipinski definition) is 7. The maximum atomic E-state index is 11.6. The number of carbonyl (C=O) groups is 1. The zero-order chi connectivity index (χ0) is 30.2. The first-order valence-electron chi connectivity index (χ1n) is 15.4. The van der Waals surface area contributed by atoms with Crippen LogP contribution >= 0.6 is 0 Å². The Morgan fingerprint density at radius 3 is 2.49 bits per heavy atom. The molecule has 0 radical (unpaired) electrons. The van der Waals surface area contributed by atoms with Crippen molar-refractivity contribution in [1.29, 1.82) is 0 Å². The average Bonchev–Trinajstić information content (AvgIpc) is 3.48. The molecule has 43 heavy (non-hydrogen) atoms. The van der Waals surface area contributed by atoms with E-state index in [1.807, 2.05) is 29.9 Å². The largest absolute Gasteiger partial charge is 0.508 e. The number of hydrogen-bond donors (Lipinski definition) is 1. The molecule has 1 N–H and O–H groups in total. The van der Waals surface area contributed by atoms with Gasteiger partial charge in [0.1, 0.15) is 11.4 Å². The average molecular weight is 582 g/mol. The Morgan fingerprint density at radius 2 is 1.74 bits per heavy atom. The summed E-state index contributed by atoms with van der Waals surface area (Å²) in [4.78, 5) is 16.7. The summed E-state index contributed by atoms with van der Waals surface area (Å²) >= 11 is 0. The fourth-order valence-corrected chi connectivity index (χ4v) is 6.05. The van der Waals surface area contributed by atoms with Gasteiger partial charge in [-0.2, -0.15) is 0 Å². The molecule has 3 unspecified atom stereocenters. The van der Waals surface area contributed by atoms with E-state index in [-0.39, 0.29) is 17.8 Å². The lowest BCUT2D eigenvalue weighted by Crippen LogP contribution is -2.56. The van der Waals surface area contributed by atoms with E-state index in [0.29, 0.717) is 31.7 Å². The number of aromatic hydroxyl groups is 1. The lowest BCUT2D eigenvalue weighted by atomic mass is 9.92. The molecule has 1 aromatic heterocycles. The van der Waals surface area contributed by atoms with Crippen molar-refractivity contribution >= 4 is 5.97 Å². The van der Waals surface area contributed by atoms with Gasteiger partial charge in [0, 0.05) is 50.2 Å². The summed E-state index contributed by atoms with van der Waals surface area (Å²) in [5, 5.41) is 19.1. The molecule has 0 bridgehead atoms. The Hall–Kier alpha value is -4.01. The third-order valence-electron chi connectivity index (χ3n) is 8.29. The van der Waals surface area contributed by atoms with Gasteiger partial charge in [-0.15, -0.1) is 5.10 Å². The maximum absolute atomic E-state index is 11.6. The van der Waals surface area contributed by atoms with Crippen molar-refractivity contribution in [2.75, 3.05) is 19.7 Å². The van der Waals surface area contributed by atoms with E-state index in [9.17, 15) is 9.90 Å². The van der Waals surface area contributed by atoms with Crippen molar-refractivity contribution < 1.29 is 14.6 Å². The van der Waals surface area contributed by atoms with Crippen LogP contribution in [0.3, 0.4) is 0 Å². The van der Waals surface area contributed by atoms with Gasteiger partial charge in [-0.3, -0.25) is 19.3 Å². The van der Waals surface area contributed by atoms with Crippen LogP contribution in [0.2, 0.25) is 0 Å². The number of carbonyl (C=O) groups excluding carboxylic acids is 1. The molecule has 8 nitrogen and oxygen atoms in total. The van der Waals surface area contributed by atoms with Crippen LogP contribution < -0.4 is 0 Å². The van der Waals surface area contributed by atoms with E-state index >= 15 is 0 Å². The van der Waals surface area contributed by atoms with Gasteiger partial charge in [-0.05, 0) is 62.4 Å². The van der Waals surface area contributed by atoms with Gasteiger partial charge in [-0.1, -0.05) is 71.9 Å². The topological polar surface area (TPSA) is 83.7 Å². The summed E-state index contributed by atoms with van der Waals surface area (Å²) in [6.45, 7) is 10.4. The monoisotopic (exact) mass is 581 g/mol. The summed E-state index contributed by atoms with van der Waals surface area (Å²) in [7, 11) is 0. The number of piperazine rings is 1. The number of unbranched alkanes of at least 4 members (excludes halogenated alkanes) is 1. The van der Waals surface area contributed by atoms with Crippen LogP contribution in [0.15, 0.2) is 85.1 Å². The van der Waals surface area contributed by atoms with Crippen molar-refractivity contribution in [3.05, 3.63) is 102 Å². The predicted molar refractivity (Wildman–Crippen MR) is 168 cm³/mol. The smallest absolute Gasteiger partial charge is 0.305 e. The Balaban J connectivity index is 1.30. The Labute approximate surface area is 254 Å². The van der Waals surface area contributed by atoms with E-state index in [2.05, 4.69) is 94.6 Å². The van der Waals surface area contributed by atoms with Crippen molar-refractivity contribution in [3.63, 3.8) is 0 Å². The Bertz CT molecular complexity index is 1460. The minimum atomic E-state index is -0.149. The molecule has 1 saturated heterocycles. The molecule has 0 saturated carbocycles. The van der Waals surface area contributed by atoms with E-state index < -0.39 is 0 Å². The Kier molecular flexibility index (Phi) is 10.2. The second-order valence-electron chi connectivity index (χ2n) is 11.6. The number of aromatic nitrogens is 3. The minimum Gasteiger partial charge on any atom is -0.508 e. The standard InChI is InChI=1S/C35H43N5O3/c1-4-43-34(42)15-8-9-20-39-25-33(36-37-39)29-16-18-30(19-17-29)35(31-13-10-14-32(41)21-31)40-23-26(2)38(22-27(40)3)24-28-11-6-5-7-12-28/h5-7,10-14,16-19,21,25-27,35,41H,4,8-9,15,20,22-24H2,1-3H3. The second-order valence-corrected chi connectivity index (χ2v) is 11.6. The van der Waals surface area contributed by atoms with Crippen molar-refractivity contribution in [2.45, 2.75) is 71.2 Å². The molecular formula is C35H43N5O3. The van der Waals surface area contributed by atoms with E-state index in [0.717, 1.165) is 49.3 Å². The summed E-state index contributed by atoms with van der Waals surface area (Å²) in [5.41, 5.74) is 5.42. The van der Waals surface area contributed by atoms with Gasteiger partial charge in [0.2, 0.25) is 0 Å². The number of phenolic OH excluding ortho intramolecular Hbond substituents is 1. The molecular weight excluding hydrogens is 538 g/mol. The van der Waals surface area contributed by atoms with E-state index in [1.54, 1.807) is 6.07 Å². The molecule has 1 fully saturated rings. The molecule has 2 heterocycles. The fourth-order valence-electron chi connectivity index (χ4n) is 6.05. The highest BCUT2D eigenvalue weighted by molar-refractivity contribution is 5.69. The van der Waals surface area contributed by atoms with E-state index in [4.69, 9.17) is 4.74 Å². The lowest BCUT2D eigenvalue weighted by molar-refractivity contribution is -0.143. The van der Waals surface area contributed by atoms with Gasteiger partial charge in [0.15, 0.2) is 0 Å². The number of benzene rings is 3. The quantitative estimate of drug-likeness (QED) is 0.161. The summed E-state index contributed by atoms with van der Waals surface area (Å²) in [6, 6.07) is 27.6. The number of nitrogens with zero attached hydrogens (tertiary/aromatic N) is 5. The normalized spacial score (nSPS) is 18.4. The summed E-state index contributed by atoms with van der Waals surface area (Å²) in [6.07, 6.45) is 3.98. The van der Waals surface area contributed by atoms with Crippen molar-refractivity contribution in [2.24, 2.45) is 0 Å². The molecule has 226 valence electrons. The van der Waals surface area contributed by atoms with Crippen LogP contribution in [-0.4, -0.2) is 67.6 Å². The summed E-state index contributed by atoms with van der Waals surface area (Å²) < 4.78 is 6.84. The second kappa shape index (κ2) is 14.4. The first-order chi connectivity index (χ1) is 20.9. The molecule has 1 aliphatic rings. The molecule has 1 aliphatic heterocycles. The summed E-state index contributed by atoms with van der Waals surface area (Å²) in [5.74, 6) is 0.130. The van der Waals surface area contributed by atoms with Gasteiger partial charge < -0.3 is 9.84 Å². The van der Waals surface area contributed by atoms with Crippen LogP contribution in [0.5, 0.6) is 5.75 Å². The van der Waals surface area contributed by atoms with Gasteiger partial charge in [0.05, 0.1) is 18.8 Å². The van der Waals surface area contributed by atoms with E-state index in [1.165, 1.54) is 11.1 Å². The van der Waals surface area contributed by atoms with Crippen molar-refractivity contribution in [1.82, 2.24) is 24.8 Å². The van der Waals surface area contributed by atoms with Crippen molar-refractivity contribution in [3.8, 4) is 17.0 Å². The minimum absolute atomic E-state index is 0.00700. The maximum Gasteiger partial charge on any atom is 0.305 e.